The van der Waals surface area contributed by atoms with Crippen LogP contribution in [0.4, 0.5) is 4.39 Å². The van der Waals surface area contributed by atoms with E-state index in [-0.39, 0.29) is 5.75 Å². The Morgan fingerprint density at radius 1 is 0.862 bits per heavy atom. The zero-order valence-corrected chi connectivity index (χ0v) is 17.5. The number of methoxy groups -OCH3 is 4. The molecule has 0 bridgehead atoms. The van der Waals surface area contributed by atoms with E-state index in [1.807, 2.05) is 19.1 Å². The lowest BCUT2D eigenvalue weighted by Gasteiger charge is -2.14. The van der Waals surface area contributed by atoms with Crippen molar-refractivity contribution in [3.05, 3.63) is 47.3 Å². The standard InChI is InChI=1S/C21H28FN3O4/c1-6-23-21(24-12-14-7-8-17(26-2)16(22)9-14)25-13-15-10-18(27-3)20(29-5)19(11-15)28-4/h7-11H,6,12-13H2,1-5H3,(H2,23,24,25). The molecule has 0 aromatic heterocycles. The number of hydrogen-bond acceptors (Lipinski definition) is 5. The molecule has 0 unspecified atom stereocenters. The van der Waals surface area contributed by atoms with Gasteiger partial charge in [-0.3, -0.25) is 0 Å². The van der Waals surface area contributed by atoms with Gasteiger partial charge < -0.3 is 29.6 Å². The van der Waals surface area contributed by atoms with Crippen LogP contribution in [0, 0.1) is 5.82 Å². The Labute approximate surface area is 170 Å². The number of hydrogen-bond donors (Lipinski definition) is 2. The molecule has 2 N–H and O–H groups in total. The van der Waals surface area contributed by atoms with Crippen molar-refractivity contribution < 1.29 is 23.3 Å². The summed E-state index contributed by atoms with van der Waals surface area (Å²) in [5.41, 5.74) is 1.67. The van der Waals surface area contributed by atoms with Gasteiger partial charge in [0.05, 0.1) is 35.0 Å². The van der Waals surface area contributed by atoms with Crippen LogP contribution in [-0.4, -0.2) is 40.9 Å². The Hall–Kier alpha value is -3.16. The van der Waals surface area contributed by atoms with Crippen LogP contribution in [0.1, 0.15) is 18.1 Å². The van der Waals surface area contributed by atoms with Crippen molar-refractivity contribution in [3.8, 4) is 23.0 Å². The molecule has 0 atom stereocenters. The largest absolute Gasteiger partial charge is 0.494 e. The molecule has 0 saturated heterocycles. The Balaban J connectivity index is 2.13. The summed E-state index contributed by atoms with van der Waals surface area (Å²) in [4.78, 5) is 4.59. The minimum Gasteiger partial charge on any atom is -0.494 e. The molecule has 0 aliphatic rings. The minimum absolute atomic E-state index is 0.219. The van der Waals surface area contributed by atoms with Gasteiger partial charge in [0.2, 0.25) is 5.75 Å². The Kier molecular flexibility index (Phi) is 8.39. The van der Waals surface area contributed by atoms with E-state index in [0.717, 1.165) is 11.1 Å². The molecule has 29 heavy (non-hydrogen) atoms. The predicted molar refractivity (Wildman–Crippen MR) is 111 cm³/mol. The van der Waals surface area contributed by atoms with Crippen LogP contribution < -0.4 is 29.6 Å². The first kappa shape index (κ1) is 22.1. The summed E-state index contributed by atoms with van der Waals surface area (Å²) < 4.78 is 34.9. The van der Waals surface area contributed by atoms with E-state index in [1.165, 1.54) is 13.2 Å². The Morgan fingerprint density at radius 2 is 1.52 bits per heavy atom. The van der Waals surface area contributed by atoms with E-state index in [0.29, 0.717) is 42.8 Å². The third-order valence-corrected chi connectivity index (χ3v) is 4.16. The van der Waals surface area contributed by atoms with Crippen molar-refractivity contribution in [2.45, 2.75) is 20.0 Å². The molecule has 0 amide bonds. The molecule has 0 saturated carbocycles. The lowest BCUT2D eigenvalue weighted by atomic mass is 10.2. The molecule has 2 rings (SSSR count). The van der Waals surface area contributed by atoms with Crippen LogP contribution in [0.3, 0.4) is 0 Å². The van der Waals surface area contributed by atoms with Gasteiger partial charge in [-0.1, -0.05) is 6.07 Å². The summed E-state index contributed by atoms with van der Waals surface area (Å²) in [5, 5.41) is 6.37. The summed E-state index contributed by atoms with van der Waals surface area (Å²) in [6.07, 6.45) is 0. The summed E-state index contributed by atoms with van der Waals surface area (Å²) in [5.74, 6) is 2.11. The zero-order chi connectivity index (χ0) is 21.2. The zero-order valence-electron chi connectivity index (χ0n) is 17.5. The number of nitrogens with one attached hydrogen (secondary N) is 2. The predicted octanol–water partition coefficient (Wildman–Crippen LogP) is 3.12. The number of ether oxygens (including phenoxy) is 4. The Bertz CT molecular complexity index is 818. The highest BCUT2D eigenvalue weighted by molar-refractivity contribution is 5.79. The van der Waals surface area contributed by atoms with Crippen molar-refractivity contribution in [1.82, 2.24) is 10.6 Å². The summed E-state index contributed by atoms with van der Waals surface area (Å²) >= 11 is 0. The van der Waals surface area contributed by atoms with Gasteiger partial charge in [-0.15, -0.1) is 0 Å². The number of nitrogens with zero attached hydrogens (tertiary/aromatic N) is 1. The third-order valence-electron chi connectivity index (χ3n) is 4.16. The number of guanidine groups is 1. The van der Waals surface area contributed by atoms with Gasteiger partial charge in [0.25, 0.3) is 0 Å². The van der Waals surface area contributed by atoms with Crippen LogP contribution in [0.2, 0.25) is 0 Å². The second-order valence-corrected chi connectivity index (χ2v) is 6.05. The summed E-state index contributed by atoms with van der Waals surface area (Å²) in [7, 11) is 6.15. The molecule has 8 heteroatoms. The van der Waals surface area contributed by atoms with E-state index in [1.54, 1.807) is 33.5 Å². The minimum atomic E-state index is -0.397. The van der Waals surface area contributed by atoms with Crippen LogP contribution in [0.5, 0.6) is 23.0 Å². The van der Waals surface area contributed by atoms with Crippen LogP contribution in [0.25, 0.3) is 0 Å². The Morgan fingerprint density at radius 3 is 2.03 bits per heavy atom. The highest BCUT2D eigenvalue weighted by atomic mass is 19.1. The third kappa shape index (κ3) is 5.91. The molecule has 0 heterocycles. The molecular weight excluding hydrogens is 377 g/mol. The topological polar surface area (TPSA) is 73.3 Å². The average molecular weight is 405 g/mol. The first-order valence-corrected chi connectivity index (χ1v) is 9.19. The maximum atomic E-state index is 13.9. The molecule has 158 valence electrons. The lowest BCUT2D eigenvalue weighted by molar-refractivity contribution is 0.324. The summed E-state index contributed by atoms with van der Waals surface area (Å²) in [6, 6.07) is 8.55. The molecule has 0 aliphatic carbocycles. The number of rotatable bonds is 9. The first-order chi connectivity index (χ1) is 14.1. The molecule has 2 aromatic rings. The molecule has 0 fully saturated rings. The fraction of sp³-hybridized carbons (Fsp3) is 0.381. The van der Waals surface area contributed by atoms with Gasteiger partial charge in [-0.05, 0) is 42.3 Å². The number of benzene rings is 2. The van der Waals surface area contributed by atoms with E-state index >= 15 is 0 Å². The second kappa shape index (κ2) is 11.0. The van der Waals surface area contributed by atoms with Gasteiger partial charge in [-0.25, -0.2) is 9.38 Å². The number of aliphatic imine (C=N–C) groups is 1. The smallest absolute Gasteiger partial charge is 0.203 e. The normalized spacial score (nSPS) is 11.0. The van der Waals surface area contributed by atoms with Crippen LogP contribution >= 0.6 is 0 Å². The van der Waals surface area contributed by atoms with Crippen molar-refractivity contribution >= 4 is 5.96 Å². The van der Waals surface area contributed by atoms with Gasteiger partial charge in [0.1, 0.15) is 0 Å². The maximum absolute atomic E-state index is 13.9. The second-order valence-electron chi connectivity index (χ2n) is 6.05. The van der Waals surface area contributed by atoms with Crippen molar-refractivity contribution in [3.63, 3.8) is 0 Å². The van der Waals surface area contributed by atoms with Crippen LogP contribution in [-0.2, 0) is 13.1 Å². The molecule has 0 aliphatic heterocycles. The van der Waals surface area contributed by atoms with E-state index in [4.69, 9.17) is 18.9 Å². The highest BCUT2D eigenvalue weighted by Gasteiger charge is 2.13. The van der Waals surface area contributed by atoms with E-state index in [2.05, 4.69) is 15.6 Å². The fourth-order valence-electron chi connectivity index (χ4n) is 2.74. The van der Waals surface area contributed by atoms with Gasteiger partial charge >= 0.3 is 0 Å². The lowest BCUT2D eigenvalue weighted by Crippen LogP contribution is -2.36. The van der Waals surface area contributed by atoms with Gasteiger partial charge in [0.15, 0.2) is 29.0 Å². The first-order valence-electron chi connectivity index (χ1n) is 9.19. The quantitative estimate of drug-likeness (QED) is 0.493. The molecule has 7 nitrogen and oxygen atoms in total. The highest BCUT2D eigenvalue weighted by Crippen LogP contribution is 2.38. The molecule has 2 aromatic carbocycles. The van der Waals surface area contributed by atoms with Crippen LogP contribution in [0.15, 0.2) is 35.3 Å². The molecule has 0 radical (unpaired) electrons. The fourth-order valence-corrected chi connectivity index (χ4v) is 2.74. The van der Waals surface area contributed by atoms with Crippen molar-refractivity contribution in [2.24, 2.45) is 4.99 Å². The summed E-state index contributed by atoms with van der Waals surface area (Å²) in [6.45, 7) is 3.48. The van der Waals surface area contributed by atoms with E-state index < -0.39 is 5.82 Å². The number of halogens is 1. The SMILES string of the molecule is CCNC(=NCc1cc(OC)c(OC)c(OC)c1)NCc1ccc(OC)c(F)c1. The molecule has 0 spiro atoms. The maximum Gasteiger partial charge on any atom is 0.203 e. The van der Waals surface area contributed by atoms with Crippen molar-refractivity contribution in [1.29, 1.82) is 0 Å². The van der Waals surface area contributed by atoms with Gasteiger partial charge in [-0.2, -0.15) is 0 Å². The monoisotopic (exact) mass is 405 g/mol. The average Bonchev–Trinajstić information content (AvgIpc) is 2.74. The molecular formula is C21H28FN3O4. The van der Waals surface area contributed by atoms with Crippen molar-refractivity contribution in [2.75, 3.05) is 35.0 Å². The van der Waals surface area contributed by atoms with E-state index in [9.17, 15) is 4.39 Å². The van der Waals surface area contributed by atoms with Gasteiger partial charge in [0, 0.05) is 13.1 Å².